The zero-order valence-electron chi connectivity index (χ0n) is 12.3. The number of alkyl halides is 1. The van der Waals surface area contributed by atoms with Crippen molar-refractivity contribution >= 4 is 11.8 Å². The average Bonchev–Trinajstić information content (AvgIpc) is 2.49. The fourth-order valence-electron chi connectivity index (χ4n) is 2.63. The number of unbranched alkanes of at least 4 members (excludes halogenated alkanes) is 1. The van der Waals surface area contributed by atoms with Gasteiger partial charge in [0.05, 0.1) is 13.2 Å². The molecule has 0 unspecified atom stereocenters. The monoisotopic (exact) mass is 292 g/mol. The number of carbonyl (C=O) groups excluding carboxylic acids is 2. The Balaban J connectivity index is 2.13. The van der Waals surface area contributed by atoms with Gasteiger partial charge in [0, 0.05) is 20.0 Å². The molecular weight excluding hydrogens is 271 g/mol. The number of likely N-dealkylation sites (N-methyl/N-ethyl adjacent to an activating group) is 1. The molecule has 1 fully saturated rings. The molecule has 2 amide bonds. The first-order chi connectivity index (χ1) is 10.1. The van der Waals surface area contributed by atoms with Gasteiger partial charge in [-0.05, 0) is 18.4 Å². The highest BCUT2D eigenvalue weighted by atomic mass is 19.1. The topological polar surface area (TPSA) is 40.6 Å². The second-order valence-electron chi connectivity index (χ2n) is 5.38. The van der Waals surface area contributed by atoms with Crippen molar-refractivity contribution in [1.29, 1.82) is 0 Å². The summed E-state index contributed by atoms with van der Waals surface area (Å²) in [6, 6.07) is 9.18. The van der Waals surface area contributed by atoms with Gasteiger partial charge in [0.15, 0.2) is 0 Å². The van der Waals surface area contributed by atoms with Crippen molar-refractivity contribution in [3.63, 3.8) is 0 Å². The summed E-state index contributed by atoms with van der Waals surface area (Å²) < 4.78 is 12.2. The predicted molar refractivity (Wildman–Crippen MR) is 78.5 cm³/mol. The summed E-state index contributed by atoms with van der Waals surface area (Å²) in [7, 11) is 1.65. The number of rotatable bonds is 6. The van der Waals surface area contributed by atoms with Crippen molar-refractivity contribution in [2.75, 3.05) is 26.8 Å². The molecule has 1 aromatic rings. The van der Waals surface area contributed by atoms with Crippen LogP contribution in [0.5, 0.6) is 0 Å². The first-order valence-corrected chi connectivity index (χ1v) is 7.28. The summed E-state index contributed by atoms with van der Waals surface area (Å²) in [4.78, 5) is 27.6. The van der Waals surface area contributed by atoms with Crippen molar-refractivity contribution in [1.82, 2.24) is 9.80 Å². The third kappa shape index (κ3) is 3.80. The Bertz CT molecular complexity index is 492. The largest absolute Gasteiger partial charge is 0.335 e. The zero-order chi connectivity index (χ0) is 15.2. The zero-order valence-corrected chi connectivity index (χ0v) is 12.3. The number of benzene rings is 1. The first kappa shape index (κ1) is 15.5. The Kier molecular flexibility index (Phi) is 5.31. The Morgan fingerprint density at radius 1 is 1.19 bits per heavy atom. The third-order valence-corrected chi connectivity index (χ3v) is 3.78. The molecule has 0 aromatic heterocycles. The van der Waals surface area contributed by atoms with E-state index in [1.807, 2.05) is 30.3 Å². The van der Waals surface area contributed by atoms with Crippen LogP contribution in [0.3, 0.4) is 0 Å². The van der Waals surface area contributed by atoms with Crippen molar-refractivity contribution in [3.05, 3.63) is 35.9 Å². The van der Waals surface area contributed by atoms with E-state index in [1.54, 1.807) is 11.9 Å². The molecule has 1 aromatic carbocycles. The molecule has 0 spiro atoms. The van der Waals surface area contributed by atoms with Crippen LogP contribution in [0, 0.1) is 0 Å². The number of amides is 2. The molecule has 1 saturated heterocycles. The molecule has 1 atom stereocenters. The molecule has 0 aliphatic carbocycles. The van der Waals surface area contributed by atoms with Gasteiger partial charge in [-0.25, -0.2) is 0 Å². The summed E-state index contributed by atoms with van der Waals surface area (Å²) in [5.41, 5.74) is 1.02. The molecule has 1 aliphatic rings. The lowest BCUT2D eigenvalue weighted by Crippen LogP contribution is -2.59. The van der Waals surface area contributed by atoms with Gasteiger partial charge in [0.1, 0.15) is 6.04 Å². The number of hydrogen-bond acceptors (Lipinski definition) is 2. The molecule has 4 nitrogen and oxygen atoms in total. The van der Waals surface area contributed by atoms with E-state index in [0.717, 1.165) is 5.56 Å². The van der Waals surface area contributed by atoms with E-state index >= 15 is 0 Å². The highest BCUT2D eigenvalue weighted by molar-refractivity contribution is 5.94. The van der Waals surface area contributed by atoms with Crippen LogP contribution in [0.4, 0.5) is 4.39 Å². The normalized spacial score (nSPS) is 19.2. The van der Waals surface area contributed by atoms with Crippen LogP contribution in [0.25, 0.3) is 0 Å². The maximum absolute atomic E-state index is 12.4. The first-order valence-electron chi connectivity index (χ1n) is 7.28. The number of piperazine rings is 1. The lowest BCUT2D eigenvalue weighted by atomic mass is 10.0. The predicted octanol–water partition coefficient (Wildman–Crippen LogP) is 1.65. The van der Waals surface area contributed by atoms with E-state index in [4.69, 9.17) is 0 Å². The maximum atomic E-state index is 12.4. The van der Waals surface area contributed by atoms with Gasteiger partial charge in [-0.3, -0.25) is 14.0 Å². The van der Waals surface area contributed by atoms with Gasteiger partial charge in [-0.15, -0.1) is 0 Å². The molecule has 1 aliphatic heterocycles. The molecule has 21 heavy (non-hydrogen) atoms. The number of carbonyl (C=O) groups is 2. The van der Waals surface area contributed by atoms with Crippen LogP contribution in [-0.4, -0.2) is 54.5 Å². The summed E-state index contributed by atoms with van der Waals surface area (Å²) >= 11 is 0. The fraction of sp³-hybridized carbons (Fsp3) is 0.500. The van der Waals surface area contributed by atoms with Gasteiger partial charge < -0.3 is 9.80 Å². The average molecular weight is 292 g/mol. The summed E-state index contributed by atoms with van der Waals surface area (Å²) in [5.74, 6) is -0.101. The van der Waals surface area contributed by atoms with Gasteiger partial charge in [-0.1, -0.05) is 30.3 Å². The Hall–Kier alpha value is -1.91. The van der Waals surface area contributed by atoms with E-state index in [2.05, 4.69) is 0 Å². The maximum Gasteiger partial charge on any atom is 0.245 e. The van der Waals surface area contributed by atoms with Crippen LogP contribution >= 0.6 is 0 Å². The second kappa shape index (κ2) is 7.20. The smallest absolute Gasteiger partial charge is 0.245 e. The highest BCUT2D eigenvalue weighted by Crippen LogP contribution is 2.17. The van der Waals surface area contributed by atoms with E-state index < -0.39 is 6.04 Å². The van der Waals surface area contributed by atoms with Crippen LogP contribution in [0.15, 0.2) is 30.3 Å². The summed E-state index contributed by atoms with van der Waals surface area (Å²) in [6.07, 6.45) is 1.52. The van der Waals surface area contributed by atoms with E-state index in [0.29, 0.717) is 25.8 Å². The van der Waals surface area contributed by atoms with Crippen LogP contribution in [0.1, 0.15) is 18.4 Å². The Morgan fingerprint density at radius 2 is 1.90 bits per heavy atom. The standard InChI is InChI=1S/C16H21FN2O2/c1-18-12-15(20)19(10-6-5-9-17)14(16(18)21)11-13-7-3-2-4-8-13/h2-4,7-8,14H,5-6,9-12H2,1H3/t14-/m0/s1. The van der Waals surface area contributed by atoms with E-state index in [-0.39, 0.29) is 25.0 Å². The molecule has 0 saturated carbocycles. The molecule has 1 heterocycles. The van der Waals surface area contributed by atoms with Crippen molar-refractivity contribution in [2.24, 2.45) is 0 Å². The van der Waals surface area contributed by atoms with Crippen LogP contribution in [0.2, 0.25) is 0 Å². The molecule has 0 bridgehead atoms. The number of hydrogen-bond donors (Lipinski definition) is 0. The van der Waals surface area contributed by atoms with Crippen molar-refractivity contribution in [3.8, 4) is 0 Å². The quantitative estimate of drug-likeness (QED) is 0.748. The lowest BCUT2D eigenvalue weighted by Gasteiger charge is -2.39. The highest BCUT2D eigenvalue weighted by Gasteiger charge is 2.37. The minimum absolute atomic E-state index is 0.0429. The Labute approximate surface area is 124 Å². The van der Waals surface area contributed by atoms with E-state index in [1.165, 1.54) is 4.90 Å². The summed E-state index contributed by atoms with van der Waals surface area (Å²) in [5, 5.41) is 0. The molecule has 0 N–H and O–H groups in total. The van der Waals surface area contributed by atoms with Gasteiger partial charge in [0.25, 0.3) is 0 Å². The van der Waals surface area contributed by atoms with Gasteiger partial charge in [0.2, 0.25) is 11.8 Å². The van der Waals surface area contributed by atoms with E-state index in [9.17, 15) is 14.0 Å². The number of nitrogens with zero attached hydrogens (tertiary/aromatic N) is 2. The van der Waals surface area contributed by atoms with Crippen molar-refractivity contribution < 1.29 is 14.0 Å². The van der Waals surface area contributed by atoms with Crippen molar-refractivity contribution in [2.45, 2.75) is 25.3 Å². The summed E-state index contributed by atoms with van der Waals surface area (Å²) in [6.45, 7) is 0.165. The third-order valence-electron chi connectivity index (χ3n) is 3.78. The minimum Gasteiger partial charge on any atom is -0.335 e. The van der Waals surface area contributed by atoms with Gasteiger partial charge in [-0.2, -0.15) is 0 Å². The fourth-order valence-corrected chi connectivity index (χ4v) is 2.63. The molecule has 5 heteroatoms. The molecule has 114 valence electrons. The van der Waals surface area contributed by atoms with Crippen LogP contribution < -0.4 is 0 Å². The lowest BCUT2D eigenvalue weighted by molar-refractivity contribution is -0.154. The van der Waals surface area contributed by atoms with Gasteiger partial charge >= 0.3 is 0 Å². The number of halogens is 1. The molecule has 2 rings (SSSR count). The minimum atomic E-state index is -0.474. The SMILES string of the molecule is CN1CC(=O)N(CCCCF)[C@@H](Cc2ccccc2)C1=O. The molecular formula is C16H21FN2O2. The Morgan fingerprint density at radius 3 is 2.57 bits per heavy atom. The second-order valence-corrected chi connectivity index (χ2v) is 5.38. The van der Waals surface area contributed by atoms with Crippen LogP contribution in [-0.2, 0) is 16.0 Å². The molecule has 0 radical (unpaired) electrons.